The van der Waals surface area contributed by atoms with E-state index < -0.39 is 15.8 Å². The molecule has 1 atom stereocenters. The lowest BCUT2D eigenvalue weighted by Crippen LogP contribution is -2.44. The number of hydrogen-bond acceptors (Lipinski definition) is 3. The standard InChI is InChI=1S/C14H21FN2O2S/c1-11-6-7-13(15)14(9-11)20(18,19)17(2)10-12-5-3-4-8-16-12/h6-7,9,12,16H,3-5,8,10H2,1-2H3. The van der Waals surface area contributed by atoms with Gasteiger partial charge in [0, 0.05) is 19.6 Å². The highest BCUT2D eigenvalue weighted by molar-refractivity contribution is 7.89. The molecule has 1 unspecified atom stereocenters. The van der Waals surface area contributed by atoms with E-state index in [1.807, 2.05) is 0 Å². The second-order valence-electron chi connectivity index (χ2n) is 5.37. The average Bonchev–Trinajstić information content (AvgIpc) is 2.42. The Morgan fingerprint density at radius 3 is 2.80 bits per heavy atom. The molecule has 1 aromatic carbocycles. The Hall–Kier alpha value is -0.980. The highest BCUT2D eigenvalue weighted by Crippen LogP contribution is 2.20. The van der Waals surface area contributed by atoms with E-state index in [4.69, 9.17) is 0 Å². The number of nitrogens with one attached hydrogen (secondary N) is 1. The maximum Gasteiger partial charge on any atom is 0.245 e. The molecule has 1 aliphatic rings. The quantitative estimate of drug-likeness (QED) is 0.924. The zero-order valence-electron chi connectivity index (χ0n) is 11.9. The summed E-state index contributed by atoms with van der Waals surface area (Å²) in [5.74, 6) is -0.695. The second kappa shape index (κ2) is 6.20. The molecule has 1 aromatic rings. The highest BCUT2D eigenvalue weighted by atomic mass is 32.2. The van der Waals surface area contributed by atoms with Crippen LogP contribution in [-0.4, -0.2) is 38.9 Å². The molecule has 4 nitrogen and oxygen atoms in total. The number of piperidine rings is 1. The monoisotopic (exact) mass is 300 g/mol. The molecule has 20 heavy (non-hydrogen) atoms. The van der Waals surface area contributed by atoms with Crippen molar-refractivity contribution in [3.8, 4) is 0 Å². The van der Waals surface area contributed by atoms with E-state index in [9.17, 15) is 12.8 Å². The van der Waals surface area contributed by atoms with Crippen LogP contribution in [0.4, 0.5) is 4.39 Å². The SMILES string of the molecule is Cc1ccc(F)c(S(=O)(=O)N(C)CC2CCCCN2)c1. The lowest BCUT2D eigenvalue weighted by atomic mass is 10.1. The first-order valence-electron chi connectivity index (χ1n) is 6.87. The number of rotatable bonds is 4. The lowest BCUT2D eigenvalue weighted by Gasteiger charge is -2.28. The number of benzene rings is 1. The van der Waals surface area contributed by atoms with Crippen molar-refractivity contribution < 1.29 is 12.8 Å². The minimum Gasteiger partial charge on any atom is -0.313 e. The molecule has 0 radical (unpaired) electrons. The molecule has 0 saturated carbocycles. The van der Waals surface area contributed by atoms with Crippen LogP contribution in [0.25, 0.3) is 0 Å². The summed E-state index contributed by atoms with van der Waals surface area (Å²) in [5.41, 5.74) is 0.731. The van der Waals surface area contributed by atoms with E-state index >= 15 is 0 Å². The first kappa shape index (κ1) is 15.4. The van der Waals surface area contributed by atoms with E-state index in [1.165, 1.54) is 23.5 Å². The van der Waals surface area contributed by atoms with E-state index in [1.54, 1.807) is 13.0 Å². The Bertz CT molecular complexity index is 569. The van der Waals surface area contributed by atoms with E-state index in [0.717, 1.165) is 31.4 Å². The van der Waals surface area contributed by atoms with Gasteiger partial charge in [-0.25, -0.2) is 12.8 Å². The Morgan fingerprint density at radius 2 is 2.15 bits per heavy atom. The summed E-state index contributed by atoms with van der Waals surface area (Å²) in [6, 6.07) is 4.30. The highest BCUT2D eigenvalue weighted by Gasteiger charge is 2.27. The molecule has 2 rings (SSSR count). The maximum absolute atomic E-state index is 13.8. The molecule has 0 amide bonds. The molecule has 0 bridgehead atoms. The van der Waals surface area contributed by atoms with E-state index in [0.29, 0.717) is 6.54 Å². The van der Waals surface area contributed by atoms with Crippen LogP contribution in [0, 0.1) is 12.7 Å². The van der Waals surface area contributed by atoms with Gasteiger partial charge in [-0.3, -0.25) is 0 Å². The number of nitrogens with zero attached hydrogens (tertiary/aromatic N) is 1. The van der Waals surface area contributed by atoms with Gasteiger partial charge < -0.3 is 5.32 Å². The molecular formula is C14H21FN2O2S. The molecule has 1 fully saturated rings. The van der Waals surface area contributed by atoms with Crippen molar-refractivity contribution in [2.75, 3.05) is 20.1 Å². The topological polar surface area (TPSA) is 49.4 Å². The first-order valence-corrected chi connectivity index (χ1v) is 8.31. The van der Waals surface area contributed by atoms with Crippen molar-refractivity contribution in [2.45, 2.75) is 37.1 Å². The Kier molecular flexibility index (Phi) is 4.78. The molecular weight excluding hydrogens is 279 g/mol. The third-order valence-electron chi connectivity index (χ3n) is 3.66. The average molecular weight is 300 g/mol. The molecule has 1 aliphatic heterocycles. The van der Waals surface area contributed by atoms with Gasteiger partial charge in [-0.2, -0.15) is 4.31 Å². The fourth-order valence-corrected chi connectivity index (χ4v) is 3.83. The molecule has 0 aliphatic carbocycles. The summed E-state index contributed by atoms with van der Waals surface area (Å²) in [4.78, 5) is -0.240. The number of sulfonamides is 1. The van der Waals surface area contributed by atoms with Crippen LogP contribution < -0.4 is 5.32 Å². The number of hydrogen-bond donors (Lipinski definition) is 1. The third-order valence-corrected chi connectivity index (χ3v) is 5.50. The molecule has 1 saturated heterocycles. The minimum absolute atomic E-state index is 0.149. The van der Waals surface area contributed by atoms with Crippen molar-refractivity contribution in [3.05, 3.63) is 29.6 Å². The van der Waals surface area contributed by atoms with Crippen LogP contribution in [0.15, 0.2) is 23.1 Å². The maximum atomic E-state index is 13.8. The molecule has 1 heterocycles. The van der Waals surface area contributed by atoms with Crippen LogP contribution in [0.2, 0.25) is 0 Å². The number of likely N-dealkylation sites (N-methyl/N-ethyl adjacent to an activating group) is 1. The zero-order chi connectivity index (χ0) is 14.8. The van der Waals surface area contributed by atoms with E-state index in [2.05, 4.69) is 5.32 Å². The predicted octanol–water partition coefficient (Wildman–Crippen LogP) is 1.90. The zero-order valence-corrected chi connectivity index (χ0v) is 12.7. The van der Waals surface area contributed by atoms with E-state index in [-0.39, 0.29) is 10.9 Å². The Morgan fingerprint density at radius 1 is 1.40 bits per heavy atom. The predicted molar refractivity (Wildman–Crippen MR) is 76.6 cm³/mol. The Labute approximate surface area is 120 Å². The molecule has 0 aromatic heterocycles. The summed E-state index contributed by atoms with van der Waals surface area (Å²) in [7, 11) is -2.27. The number of halogens is 1. The third kappa shape index (κ3) is 3.37. The lowest BCUT2D eigenvalue weighted by molar-refractivity contribution is 0.337. The first-order chi connectivity index (χ1) is 9.41. The smallest absolute Gasteiger partial charge is 0.245 e. The normalized spacial score (nSPS) is 20.3. The summed E-state index contributed by atoms with van der Waals surface area (Å²) in [5, 5.41) is 3.30. The van der Waals surface area contributed by atoms with Crippen LogP contribution in [0.1, 0.15) is 24.8 Å². The van der Waals surface area contributed by atoms with Gasteiger partial charge in [0.15, 0.2) is 0 Å². The molecule has 6 heteroatoms. The van der Waals surface area contributed by atoms with Crippen LogP contribution >= 0.6 is 0 Å². The van der Waals surface area contributed by atoms with Gasteiger partial charge in [-0.15, -0.1) is 0 Å². The van der Waals surface area contributed by atoms with Crippen LogP contribution in [0.3, 0.4) is 0 Å². The number of aryl methyl sites for hydroxylation is 1. The largest absolute Gasteiger partial charge is 0.313 e. The van der Waals surface area contributed by atoms with Crippen LogP contribution in [-0.2, 0) is 10.0 Å². The van der Waals surface area contributed by atoms with Gasteiger partial charge in [0.2, 0.25) is 10.0 Å². The van der Waals surface area contributed by atoms with Gasteiger partial charge in [0.25, 0.3) is 0 Å². The van der Waals surface area contributed by atoms with Gasteiger partial charge >= 0.3 is 0 Å². The minimum atomic E-state index is -3.77. The van der Waals surface area contributed by atoms with Crippen molar-refractivity contribution in [1.29, 1.82) is 0 Å². The van der Waals surface area contributed by atoms with Crippen LogP contribution in [0.5, 0.6) is 0 Å². The van der Waals surface area contributed by atoms with Crippen molar-refractivity contribution in [3.63, 3.8) is 0 Å². The second-order valence-corrected chi connectivity index (χ2v) is 7.38. The van der Waals surface area contributed by atoms with Crippen molar-refractivity contribution >= 4 is 10.0 Å². The fraction of sp³-hybridized carbons (Fsp3) is 0.571. The summed E-state index contributed by atoms with van der Waals surface area (Å²) >= 11 is 0. The van der Waals surface area contributed by atoms with Gasteiger partial charge in [0.1, 0.15) is 10.7 Å². The van der Waals surface area contributed by atoms with Gasteiger partial charge in [0.05, 0.1) is 0 Å². The fourth-order valence-electron chi connectivity index (χ4n) is 2.46. The summed E-state index contributed by atoms with van der Waals surface area (Å²) in [6.07, 6.45) is 3.18. The van der Waals surface area contributed by atoms with Crippen molar-refractivity contribution in [1.82, 2.24) is 9.62 Å². The van der Waals surface area contributed by atoms with Crippen molar-refractivity contribution in [2.24, 2.45) is 0 Å². The summed E-state index contributed by atoms with van der Waals surface area (Å²) < 4.78 is 39.9. The summed E-state index contributed by atoms with van der Waals surface area (Å²) in [6.45, 7) is 3.04. The van der Waals surface area contributed by atoms with Gasteiger partial charge in [-0.1, -0.05) is 12.5 Å². The Balaban J connectivity index is 2.18. The molecule has 112 valence electrons. The molecule has 0 spiro atoms. The van der Waals surface area contributed by atoms with Gasteiger partial charge in [-0.05, 0) is 44.0 Å². The molecule has 1 N–H and O–H groups in total.